The number of rotatable bonds is 3. The maximum atomic E-state index is 3.57. The molecule has 0 N–H and O–H groups in total. The van der Waals surface area contributed by atoms with E-state index >= 15 is 0 Å². The molecular weight excluding hydrogens is 120 g/mol. The van der Waals surface area contributed by atoms with Gasteiger partial charge in [0.2, 0.25) is 0 Å². The number of hydrogen-bond donors (Lipinski definition) is 0. The standard InChI is InChI=1S/C10H18/c1-6-7-10(4,5)8-9(2)3/h7,9H,1,8H2,2-5H3. The molecule has 58 valence electrons. The summed E-state index contributed by atoms with van der Waals surface area (Å²) in [6.45, 7) is 12.5. The van der Waals surface area contributed by atoms with Gasteiger partial charge in [-0.25, -0.2) is 0 Å². The Morgan fingerprint density at radius 1 is 1.50 bits per heavy atom. The van der Waals surface area contributed by atoms with Gasteiger partial charge in [-0.2, -0.15) is 0 Å². The van der Waals surface area contributed by atoms with Crippen LogP contribution in [0.1, 0.15) is 34.1 Å². The Kier molecular flexibility index (Phi) is 3.46. The first-order valence-corrected chi connectivity index (χ1v) is 3.85. The minimum atomic E-state index is 0.274. The molecule has 0 radical (unpaired) electrons. The summed E-state index contributed by atoms with van der Waals surface area (Å²) >= 11 is 0. The average molecular weight is 138 g/mol. The van der Waals surface area contributed by atoms with E-state index in [0.717, 1.165) is 5.92 Å². The molecule has 0 saturated carbocycles. The van der Waals surface area contributed by atoms with Gasteiger partial charge in [0.05, 0.1) is 0 Å². The van der Waals surface area contributed by atoms with Crippen molar-refractivity contribution in [2.75, 3.05) is 0 Å². The molecule has 0 bridgehead atoms. The molecule has 0 saturated heterocycles. The summed E-state index contributed by atoms with van der Waals surface area (Å²) in [5.41, 5.74) is 3.11. The smallest absolute Gasteiger partial charge is 0.00968 e. The highest BCUT2D eigenvalue weighted by molar-refractivity contribution is 4.91. The van der Waals surface area contributed by atoms with E-state index in [1.165, 1.54) is 6.42 Å². The van der Waals surface area contributed by atoms with Gasteiger partial charge in [-0.15, -0.1) is 5.73 Å². The number of hydrogen-bond acceptors (Lipinski definition) is 0. The fourth-order valence-electron chi connectivity index (χ4n) is 1.39. The maximum absolute atomic E-state index is 3.57. The van der Waals surface area contributed by atoms with Crippen molar-refractivity contribution in [1.82, 2.24) is 0 Å². The van der Waals surface area contributed by atoms with Crippen LogP contribution in [0.4, 0.5) is 0 Å². The van der Waals surface area contributed by atoms with Crippen LogP contribution in [0.3, 0.4) is 0 Å². The Balaban J connectivity index is 3.98. The Bertz CT molecular complexity index is 134. The van der Waals surface area contributed by atoms with Gasteiger partial charge < -0.3 is 0 Å². The Morgan fingerprint density at radius 3 is 2.30 bits per heavy atom. The van der Waals surface area contributed by atoms with E-state index in [1.807, 2.05) is 6.08 Å². The van der Waals surface area contributed by atoms with Crippen LogP contribution in [0.2, 0.25) is 0 Å². The molecule has 0 unspecified atom stereocenters. The highest BCUT2D eigenvalue weighted by Gasteiger charge is 2.14. The lowest BCUT2D eigenvalue weighted by molar-refractivity contribution is 0.367. The normalized spacial score (nSPS) is 11.3. The summed E-state index contributed by atoms with van der Waals surface area (Å²) in [5.74, 6) is 0.750. The molecule has 0 aromatic rings. The molecule has 0 atom stereocenters. The molecule has 0 heterocycles. The van der Waals surface area contributed by atoms with Crippen LogP contribution in [0.25, 0.3) is 0 Å². The minimum Gasteiger partial charge on any atom is -0.133 e. The molecule has 0 aromatic heterocycles. The van der Waals surface area contributed by atoms with Crippen LogP contribution >= 0.6 is 0 Å². The zero-order chi connectivity index (χ0) is 8.20. The molecule has 0 aliphatic heterocycles. The lowest BCUT2D eigenvalue weighted by Gasteiger charge is -2.21. The van der Waals surface area contributed by atoms with E-state index in [1.54, 1.807) is 0 Å². The van der Waals surface area contributed by atoms with Crippen LogP contribution in [0, 0.1) is 11.3 Å². The molecular formula is C10H18. The van der Waals surface area contributed by atoms with Crippen LogP contribution in [-0.4, -0.2) is 0 Å². The van der Waals surface area contributed by atoms with E-state index in [2.05, 4.69) is 40.0 Å². The largest absolute Gasteiger partial charge is 0.133 e. The fourth-order valence-corrected chi connectivity index (χ4v) is 1.39. The third kappa shape index (κ3) is 4.40. The molecule has 0 heteroatoms. The fraction of sp³-hybridized carbons (Fsp3) is 0.700. The molecule has 0 fully saturated rings. The SMILES string of the molecule is C=C=CC(C)(C)CC(C)C. The van der Waals surface area contributed by atoms with Gasteiger partial charge in [-0.05, 0) is 23.8 Å². The Labute approximate surface area is 64.6 Å². The van der Waals surface area contributed by atoms with Gasteiger partial charge in [0.1, 0.15) is 0 Å². The summed E-state index contributed by atoms with van der Waals surface area (Å²) < 4.78 is 0. The second kappa shape index (κ2) is 3.63. The maximum Gasteiger partial charge on any atom is -0.00968 e. The second-order valence-corrected chi connectivity index (χ2v) is 3.94. The third-order valence-electron chi connectivity index (χ3n) is 1.43. The van der Waals surface area contributed by atoms with E-state index in [0.29, 0.717) is 0 Å². The lowest BCUT2D eigenvalue weighted by Crippen LogP contribution is -2.10. The van der Waals surface area contributed by atoms with E-state index in [9.17, 15) is 0 Å². The van der Waals surface area contributed by atoms with Crippen molar-refractivity contribution in [2.24, 2.45) is 11.3 Å². The lowest BCUT2D eigenvalue weighted by atomic mass is 9.84. The first-order chi connectivity index (χ1) is 4.48. The van der Waals surface area contributed by atoms with Gasteiger partial charge >= 0.3 is 0 Å². The average Bonchev–Trinajstić information content (AvgIpc) is 1.59. The first kappa shape index (κ1) is 9.52. The first-order valence-electron chi connectivity index (χ1n) is 3.85. The van der Waals surface area contributed by atoms with E-state index < -0.39 is 0 Å². The molecule has 0 amide bonds. The Morgan fingerprint density at radius 2 is 2.00 bits per heavy atom. The molecule has 0 aliphatic rings. The summed E-state index contributed by atoms with van der Waals surface area (Å²) in [7, 11) is 0. The van der Waals surface area contributed by atoms with Crippen molar-refractivity contribution in [1.29, 1.82) is 0 Å². The monoisotopic (exact) mass is 138 g/mol. The molecule has 0 rings (SSSR count). The van der Waals surface area contributed by atoms with Crippen LogP contribution in [0.15, 0.2) is 18.4 Å². The third-order valence-corrected chi connectivity index (χ3v) is 1.43. The van der Waals surface area contributed by atoms with Crippen molar-refractivity contribution in [3.8, 4) is 0 Å². The van der Waals surface area contributed by atoms with E-state index in [4.69, 9.17) is 0 Å². The van der Waals surface area contributed by atoms with Crippen molar-refractivity contribution < 1.29 is 0 Å². The quantitative estimate of drug-likeness (QED) is 0.524. The van der Waals surface area contributed by atoms with Gasteiger partial charge in [0, 0.05) is 0 Å². The van der Waals surface area contributed by atoms with Crippen molar-refractivity contribution in [3.05, 3.63) is 18.4 Å². The van der Waals surface area contributed by atoms with Crippen LogP contribution in [-0.2, 0) is 0 Å². The van der Waals surface area contributed by atoms with Gasteiger partial charge in [0.25, 0.3) is 0 Å². The summed E-state index contributed by atoms with van der Waals surface area (Å²) in [6.07, 6.45) is 3.25. The van der Waals surface area contributed by atoms with Crippen molar-refractivity contribution in [2.45, 2.75) is 34.1 Å². The predicted octanol–water partition coefficient (Wildman–Crippen LogP) is 3.40. The highest BCUT2D eigenvalue weighted by Crippen LogP contribution is 2.25. The summed E-state index contributed by atoms with van der Waals surface area (Å²) in [5, 5.41) is 0. The van der Waals surface area contributed by atoms with Crippen LogP contribution < -0.4 is 0 Å². The molecule has 0 aliphatic carbocycles. The summed E-state index contributed by atoms with van der Waals surface area (Å²) in [4.78, 5) is 0. The molecule has 0 aromatic carbocycles. The topological polar surface area (TPSA) is 0 Å². The van der Waals surface area contributed by atoms with Gasteiger partial charge in [-0.1, -0.05) is 34.3 Å². The Hall–Kier alpha value is -0.480. The minimum absolute atomic E-state index is 0.274. The van der Waals surface area contributed by atoms with Gasteiger partial charge in [0.15, 0.2) is 0 Å². The molecule has 0 spiro atoms. The molecule has 0 nitrogen and oxygen atoms in total. The van der Waals surface area contributed by atoms with Crippen molar-refractivity contribution in [3.63, 3.8) is 0 Å². The zero-order valence-corrected chi connectivity index (χ0v) is 7.57. The number of allylic oxidation sites excluding steroid dienone is 1. The zero-order valence-electron chi connectivity index (χ0n) is 7.57. The van der Waals surface area contributed by atoms with E-state index in [-0.39, 0.29) is 5.41 Å². The predicted molar refractivity (Wildman–Crippen MR) is 46.9 cm³/mol. The van der Waals surface area contributed by atoms with Crippen LogP contribution in [0.5, 0.6) is 0 Å². The summed E-state index contributed by atoms with van der Waals surface area (Å²) in [6, 6.07) is 0. The second-order valence-electron chi connectivity index (χ2n) is 3.94. The van der Waals surface area contributed by atoms with Gasteiger partial charge in [-0.3, -0.25) is 0 Å². The molecule has 10 heavy (non-hydrogen) atoms. The highest BCUT2D eigenvalue weighted by atomic mass is 14.2. The van der Waals surface area contributed by atoms with Crippen molar-refractivity contribution >= 4 is 0 Å².